The summed E-state index contributed by atoms with van der Waals surface area (Å²) in [7, 11) is 0. The van der Waals surface area contributed by atoms with Crippen LogP contribution in [0.5, 0.6) is 0 Å². The number of hydrogen-bond donors (Lipinski definition) is 2. The van der Waals surface area contributed by atoms with Crippen molar-refractivity contribution in [3.05, 3.63) is 48.0 Å². The van der Waals surface area contributed by atoms with Crippen molar-refractivity contribution in [3.63, 3.8) is 0 Å². The Morgan fingerprint density at radius 3 is 2.52 bits per heavy atom. The van der Waals surface area contributed by atoms with Gasteiger partial charge in [0, 0.05) is 12.7 Å². The molecule has 0 saturated carbocycles. The molecule has 2 amide bonds. The molecule has 2 N–H and O–H groups in total. The maximum Gasteiger partial charge on any atom is 0.254 e. The van der Waals surface area contributed by atoms with Gasteiger partial charge in [-0.3, -0.25) is 14.3 Å². The van der Waals surface area contributed by atoms with Gasteiger partial charge in [0.25, 0.3) is 5.91 Å². The number of anilines is 1. The van der Waals surface area contributed by atoms with Crippen LogP contribution in [0.4, 0.5) is 10.1 Å². The second-order valence-corrected chi connectivity index (χ2v) is 7.18. The van der Waals surface area contributed by atoms with Gasteiger partial charge >= 0.3 is 0 Å². The molecule has 7 nitrogen and oxygen atoms in total. The van der Waals surface area contributed by atoms with Gasteiger partial charge in [-0.15, -0.1) is 0 Å². The third kappa shape index (κ3) is 6.39. The number of halogens is 1. The second kappa shape index (κ2) is 10.7. The number of hydrogen-bond acceptors (Lipinski definition) is 4. The molecule has 1 aromatic heterocycles. The van der Waals surface area contributed by atoms with E-state index in [4.69, 9.17) is 0 Å². The first-order chi connectivity index (χ1) is 13.8. The van der Waals surface area contributed by atoms with Crippen molar-refractivity contribution >= 4 is 17.5 Å². The van der Waals surface area contributed by atoms with Crippen molar-refractivity contribution in [1.29, 1.82) is 0 Å². The smallest absolute Gasteiger partial charge is 0.254 e. The van der Waals surface area contributed by atoms with E-state index in [1.165, 1.54) is 18.2 Å². The average Bonchev–Trinajstić information content (AvgIpc) is 3.14. The van der Waals surface area contributed by atoms with Crippen molar-refractivity contribution < 1.29 is 14.0 Å². The van der Waals surface area contributed by atoms with Crippen LogP contribution in [0.2, 0.25) is 0 Å². The standard InChI is InChI=1S/C21H30FN5O2/c1-5-26(6-2)11-12-27-14-16(13-23-27)24-21(29)19(15(3)4)25-20(28)17-9-7-8-10-18(17)22/h7-10,13-15,19H,5-6,11-12H2,1-4H3,(H,24,29)(H,25,28). The van der Waals surface area contributed by atoms with Crippen LogP contribution in [-0.4, -0.2) is 52.2 Å². The normalized spacial score (nSPS) is 12.2. The molecular weight excluding hydrogens is 373 g/mol. The van der Waals surface area contributed by atoms with Gasteiger partial charge in [-0.05, 0) is 31.1 Å². The van der Waals surface area contributed by atoms with E-state index in [9.17, 15) is 14.0 Å². The fourth-order valence-corrected chi connectivity index (χ4v) is 2.95. The summed E-state index contributed by atoms with van der Waals surface area (Å²) >= 11 is 0. The van der Waals surface area contributed by atoms with Gasteiger partial charge in [0.15, 0.2) is 0 Å². The molecule has 2 rings (SSSR count). The highest BCUT2D eigenvalue weighted by molar-refractivity contribution is 6.01. The second-order valence-electron chi connectivity index (χ2n) is 7.18. The highest BCUT2D eigenvalue weighted by Crippen LogP contribution is 2.12. The average molecular weight is 404 g/mol. The minimum absolute atomic E-state index is 0.0878. The van der Waals surface area contributed by atoms with Crippen LogP contribution in [0.25, 0.3) is 0 Å². The molecule has 0 bridgehead atoms. The zero-order valence-electron chi connectivity index (χ0n) is 17.5. The number of benzene rings is 1. The first-order valence-electron chi connectivity index (χ1n) is 9.96. The molecule has 0 aliphatic heterocycles. The molecule has 0 fully saturated rings. The van der Waals surface area contributed by atoms with Crippen molar-refractivity contribution in [3.8, 4) is 0 Å². The Balaban J connectivity index is 1.99. The molecule has 0 spiro atoms. The molecule has 158 valence electrons. The molecule has 0 saturated heterocycles. The maximum atomic E-state index is 13.8. The Bertz CT molecular complexity index is 817. The van der Waals surface area contributed by atoms with Crippen LogP contribution >= 0.6 is 0 Å². The van der Waals surface area contributed by atoms with E-state index < -0.39 is 17.8 Å². The number of carbonyl (C=O) groups is 2. The molecule has 29 heavy (non-hydrogen) atoms. The SMILES string of the molecule is CCN(CC)CCn1cc(NC(=O)C(NC(=O)c2ccccc2F)C(C)C)cn1. The van der Waals surface area contributed by atoms with Crippen LogP contribution in [0.15, 0.2) is 36.7 Å². The van der Waals surface area contributed by atoms with E-state index in [1.54, 1.807) is 23.1 Å². The lowest BCUT2D eigenvalue weighted by Gasteiger charge is -2.21. The summed E-state index contributed by atoms with van der Waals surface area (Å²) in [5.41, 5.74) is 0.468. The highest BCUT2D eigenvalue weighted by Gasteiger charge is 2.26. The molecule has 8 heteroatoms. The van der Waals surface area contributed by atoms with E-state index >= 15 is 0 Å². The first kappa shape index (κ1) is 22.5. The van der Waals surface area contributed by atoms with Crippen LogP contribution in [0.3, 0.4) is 0 Å². The number of carbonyl (C=O) groups excluding carboxylic acids is 2. The molecule has 0 radical (unpaired) electrons. The van der Waals surface area contributed by atoms with Gasteiger partial charge in [0.05, 0.1) is 24.0 Å². The van der Waals surface area contributed by atoms with Gasteiger partial charge in [0.2, 0.25) is 5.91 Å². The summed E-state index contributed by atoms with van der Waals surface area (Å²) in [4.78, 5) is 27.4. The molecule has 1 aromatic carbocycles. The molecule has 0 aliphatic rings. The minimum atomic E-state index is -0.805. The van der Waals surface area contributed by atoms with Gasteiger partial charge < -0.3 is 15.5 Å². The Kier molecular flexibility index (Phi) is 8.33. The van der Waals surface area contributed by atoms with Gasteiger partial charge in [-0.2, -0.15) is 5.10 Å². The minimum Gasteiger partial charge on any atom is -0.340 e. The summed E-state index contributed by atoms with van der Waals surface area (Å²) in [5, 5.41) is 9.69. The number of rotatable bonds is 10. The Labute approximate surface area is 171 Å². The van der Waals surface area contributed by atoms with Crippen LogP contribution in [0, 0.1) is 11.7 Å². The van der Waals surface area contributed by atoms with Crippen molar-refractivity contribution in [2.75, 3.05) is 25.0 Å². The molecule has 1 heterocycles. The lowest BCUT2D eigenvalue weighted by Crippen LogP contribution is -2.47. The van der Waals surface area contributed by atoms with Crippen molar-refractivity contribution in [1.82, 2.24) is 20.0 Å². The maximum absolute atomic E-state index is 13.8. The number of aromatic nitrogens is 2. The molecule has 1 atom stereocenters. The fourth-order valence-electron chi connectivity index (χ4n) is 2.95. The number of nitrogens with one attached hydrogen (secondary N) is 2. The molecule has 2 aromatic rings. The number of likely N-dealkylation sites (N-methyl/N-ethyl adjacent to an activating group) is 1. The Morgan fingerprint density at radius 1 is 1.21 bits per heavy atom. The summed E-state index contributed by atoms with van der Waals surface area (Å²) in [6.45, 7) is 11.4. The van der Waals surface area contributed by atoms with E-state index in [2.05, 4.69) is 34.5 Å². The molecule has 1 unspecified atom stereocenters. The summed E-state index contributed by atoms with van der Waals surface area (Å²) in [6.07, 6.45) is 3.34. The van der Waals surface area contributed by atoms with Crippen LogP contribution < -0.4 is 10.6 Å². The van der Waals surface area contributed by atoms with E-state index in [0.717, 1.165) is 26.2 Å². The molecular formula is C21H30FN5O2. The van der Waals surface area contributed by atoms with Crippen LogP contribution in [0.1, 0.15) is 38.1 Å². The Morgan fingerprint density at radius 2 is 1.90 bits per heavy atom. The predicted octanol–water partition coefficient (Wildman–Crippen LogP) is 2.76. The summed E-state index contributed by atoms with van der Waals surface area (Å²) < 4.78 is 15.6. The van der Waals surface area contributed by atoms with E-state index in [-0.39, 0.29) is 17.4 Å². The zero-order valence-corrected chi connectivity index (χ0v) is 17.5. The quantitative estimate of drug-likeness (QED) is 0.639. The van der Waals surface area contributed by atoms with Gasteiger partial charge in [0.1, 0.15) is 11.9 Å². The lowest BCUT2D eigenvalue weighted by molar-refractivity contribution is -0.118. The third-order valence-electron chi connectivity index (χ3n) is 4.79. The summed E-state index contributed by atoms with van der Waals surface area (Å²) in [6, 6.07) is 4.89. The van der Waals surface area contributed by atoms with Crippen molar-refractivity contribution in [2.45, 2.75) is 40.3 Å². The lowest BCUT2D eigenvalue weighted by atomic mass is 10.0. The first-order valence-corrected chi connectivity index (χ1v) is 9.96. The van der Waals surface area contributed by atoms with Crippen LogP contribution in [-0.2, 0) is 11.3 Å². The third-order valence-corrected chi connectivity index (χ3v) is 4.79. The molecule has 0 aliphatic carbocycles. The zero-order chi connectivity index (χ0) is 21.4. The van der Waals surface area contributed by atoms with Gasteiger partial charge in [-0.1, -0.05) is 39.8 Å². The monoisotopic (exact) mass is 403 g/mol. The topological polar surface area (TPSA) is 79.3 Å². The highest BCUT2D eigenvalue weighted by atomic mass is 19.1. The largest absolute Gasteiger partial charge is 0.340 e. The number of nitrogens with zero attached hydrogens (tertiary/aromatic N) is 3. The van der Waals surface area contributed by atoms with E-state index in [0.29, 0.717) is 5.69 Å². The van der Waals surface area contributed by atoms with Gasteiger partial charge in [-0.25, -0.2) is 4.39 Å². The van der Waals surface area contributed by atoms with Crippen molar-refractivity contribution in [2.24, 2.45) is 5.92 Å². The Hall–Kier alpha value is -2.74. The fraction of sp³-hybridized carbons (Fsp3) is 0.476. The number of amides is 2. The van der Waals surface area contributed by atoms with E-state index in [1.807, 2.05) is 13.8 Å². The summed E-state index contributed by atoms with van der Waals surface area (Å²) in [5.74, 6) is -1.79. The predicted molar refractivity (Wildman–Crippen MR) is 111 cm³/mol.